The Kier molecular flexibility index (Phi) is 3.49. The van der Waals surface area contributed by atoms with Crippen molar-refractivity contribution in [2.75, 3.05) is 14.1 Å². The van der Waals surface area contributed by atoms with Gasteiger partial charge in [0.05, 0.1) is 17.6 Å². The van der Waals surface area contributed by atoms with E-state index in [0.29, 0.717) is 16.3 Å². The smallest absolute Gasteiger partial charge is 0.101 e. The Morgan fingerprint density at radius 2 is 2.36 bits per heavy atom. The highest BCUT2D eigenvalue weighted by Crippen LogP contribution is 2.21. The van der Waals surface area contributed by atoms with Gasteiger partial charge >= 0.3 is 0 Å². The highest BCUT2D eigenvalue weighted by Gasteiger charge is 2.00. The summed E-state index contributed by atoms with van der Waals surface area (Å²) in [7, 11) is 3.71. The zero-order valence-corrected chi connectivity index (χ0v) is 8.71. The van der Waals surface area contributed by atoms with Gasteiger partial charge in [-0.1, -0.05) is 11.6 Å². The van der Waals surface area contributed by atoms with Crippen LogP contribution in [-0.4, -0.2) is 25.3 Å². The molecule has 0 saturated heterocycles. The molecule has 0 heterocycles. The quantitative estimate of drug-likeness (QED) is 0.550. The van der Waals surface area contributed by atoms with E-state index in [4.69, 9.17) is 16.9 Å². The van der Waals surface area contributed by atoms with E-state index in [9.17, 15) is 0 Å². The number of aliphatic imine (C=N–C) groups is 1. The van der Waals surface area contributed by atoms with Crippen LogP contribution in [0.4, 0.5) is 5.69 Å². The lowest BCUT2D eigenvalue weighted by Gasteiger charge is -2.03. The van der Waals surface area contributed by atoms with E-state index < -0.39 is 0 Å². The molecule has 0 aliphatic heterocycles. The zero-order valence-electron chi connectivity index (χ0n) is 7.95. The van der Waals surface area contributed by atoms with Crippen LogP contribution in [0.25, 0.3) is 0 Å². The van der Waals surface area contributed by atoms with Crippen LogP contribution in [0.2, 0.25) is 5.02 Å². The average Bonchev–Trinajstić information content (AvgIpc) is 2.15. The lowest BCUT2D eigenvalue weighted by Crippen LogP contribution is -2.07. The number of halogens is 1. The van der Waals surface area contributed by atoms with Crippen LogP contribution in [-0.2, 0) is 0 Å². The summed E-state index contributed by atoms with van der Waals surface area (Å²) >= 11 is 5.69. The molecule has 4 heteroatoms. The van der Waals surface area contributed by atoms with Gasteiger partial charge in [0, 0.05) is 25.2 Å². The Morgan fingerprint density at radius 3 is 2.93 bits per heavy atom. The molecule has 1 radical (unpaired) electrons. The van der Waals surface area contributed by atoms with Crippen molar-refractivity contribution < 1.29 is 0 Å². The fourth-order valence-corrected chi connectivity index (χ4v) is 0.995. The second-order valence-corrected chi connectivity index (χ2v) is 3.31. The Labute approximate surface area is 88.2 Å². The number of rotatable bonds is 2. The van der Waals surface area contributed by atoms with E-state index in [1.807, 2.05) is 20.2 Å². The standard InChI is InChI=1S/C10H9ClN3/c1-14(2)7-13-10-4-3-9(11)5-8(10)6-12/h4-5,7H,1-2H3. The molecule has 1 aromatic carbocycles. The molecule has 71 valence electrons. The van der Waals surface area contributed by atoms with Gasteiger partial charge in [-0.25, -0.2) is 4.99 Å². The number of hydrogen-bond donors (Lipinski definition) is 0. The van der Waals surface area contributed by atoms with Gasteiger partial charge < -0.3 is 4.90 Å². The molecule has 0 N–H and O–H groups in total. The monoisotopic (exact) mass is 206 g/mol. The van der Waals surface area contributed by atoms with E-state index in [2.05, 4.69) is 11.1 Å². The Hall–Kier alpha value is -1.53. The molecule has 0 fully saturated rings. The van der Waals surface area contributed by atoms with Crippen LogP contribution >= 0.6 is 11.6 Å². The summed E-state index contributed by atoms with van der Waals surface area (Å²) in [5.74, 6) is 0. The summed E-state index contributed by atoms with van der Waals surface area (Å²) < 4.78 is 0. The number of benzene rings is 1. The third kappa shape index (κ3) is 2.75. The average molecular weight is 207 g/mol. The van der Waals surface area contributed by atoms with E-state index >= 15 is 0 Å². The summed E-state index contributed by atoms with van der Waals surface area (Å²) in [6, 6.07) is 7.95. The minimum atomic E-state index is 0.422. The van der Waals surface area contributed by atoms with Crippen molar-refractivity contribution in [2.45, 2.75) is 0 Å². The fourth-order valence-electron chi connectivity index (χ4n) is 0.831. The number of hydrogen-bond acceptors (Lipinski definition) is 2. The van der Waals surface area contributed by atoms with Crippen LogP contribution in [0, 0.1) is 17.4 Å². The normalized spacial score (nSPS) is 10.1. The maximum Gasteiger partial charge on any atom is 0.101 e. The van der Waals surface area contributed by atoms with Gasteiger partial charge in [0.25, 0.3) is 0 Å². The minimum Gasteiger partial charge on any atom is -0.369 e. The van der Waals surface area contributed by atoms with Gasteiger partial charge in [0.15, 0.2) is 0 Å². The van der Waals surface area contributed by atoms with Gasteiger partial charge in [-0.3, -0.25) is 0 Å². The van der Waals surface area contributed by atoms with Crippen molar-refractivity contribution in [3.63, 3.8) is 0 Å². The van der Waals surface area contributed by atoms with E-state index in [1.165, 1.54) is 0 Å². The molecule has 1 aromatic rings. The first-order chi connectivity index (χ1) is 6.63. The SMILES string of the molecule is CN(C)C=Nc1c[c]c(Cl)cc1C#N. The summed E-state index contributed by atoms with van der Waals surface area (Å²) in [4.78, 5) is 5.89. The van der Waals surface area contributed by atoms with Gasteiger partial charge in [-0.15, -0.1) is 0 Å². The van der Waals surface area contributed by atoms with Gasteiger partial charge in [-0.05, 0) is 12.1 Å². The number of nitriles is 1. The third-order valence-corrected chi connectivity index (χ3v) is 1.66. The molecule has 0 spiro atoms. The molecular weight excluding hydrogens is 198 g/mol. The zero-order chi connectivity index (χ0) is 10.6. The second kappa shape index (κ2) is 4.64. The van der Waals surface area contributed by atoms with Crippen LogP contribution < -0.4 is 0 Å². The highest BCUT2D eigenvalue weighted by atomic mass is 35.5. The van der Waals surface area contributed by atoms with Crippen molar-refractivity contribution in [1.29, 1.82) is 5.26 Å². The minimum absolute atomic E-state index is 0.422. The third-order valence-electron chi connectivity index (χ3n) is 1.44. The molecule has 0 aliphatic carbocycles. The van der Waals surface area contributed by atoms with E-state index in [1.54, 1.807) is 23.4 Å². The molecule has 3 nitrogen and oxygen atoms in total. The molecule has 1 rings (SSSR count). The van der Waals surface area contributed by atoms with Crippen molar-refractivity contribution in [3.8, 4) is 6.07 Å². The molecule has 0 bridgehead atoms. The molecule has 0 aliphatic rings. The highest BCUT2D eigenvalue weighted by molar-refractivity contribution is 6.30. The van der Waals surface area contributed by atoms with Gasteiger partial charge in [0.2, 0.25) is 0 Å². The van der Waals surface area contributed by atoms with E-state index in [-0.39, 0.29) is 0 Å². The summed E-state index contributed by atoms with van der Waals surface area (Å²) in [6.07, 6.45) is 1.62. The van der Waals surface area contributed by atoms with Crippen LogP contribution in [0.15, 0.2) is 17.1 Å². The van der Waals surface area contributed by atoms with Crippen molar-refractivity contribution >= 4 is 23.6 Å². The van der Waals surface area contributed by atoms with Crippen LogP contribution in [0.1, 0.15) is 5.56 Å². The topological polar surface area (TPSA) is 39.4 Å². The molecule has 0 atom stereocenters. The lowest BCUT2D eigenvalue weighted by molar-refractivity contribution is 0.643. The fraction of sp³-hybridized carbons (Fsp3) is 0.200. The summed E-state index contributed by atoms with van der Waals surface area (Å²) in [5, 5.41) is 9.22. The Morgan fingerprint density at radius 1 is 1.64 bits per heavy atom. The molecule has 0 amide bonds. The summed E-state index contributed by atoms with van der Waals surface area (Å²) in [6.45, 7) is 0. The first-order valence-corrected chi connectivity index (χ1v) is 4.33. The second-order valence-electron chi connectivity index (χ2n) is 2.90. The Bertz CT molecular complexity index is 391. The summed E-state index contributed by atoms with van der Waals surface area (Å²) in [5.41, 5.74) is 1.03. The van der Waals surface area contributed by atoms with Crippen molar-refractivity contribution in [2.24, 2.45) is 4.99 Å². The molecule has 0 unspecified atom stereocenters. The molecule has 0 saturated carbocycles. The maximum atomic E-state index is 8.80. The van der Waals surface area contributed by atoms with E-state index in [0.717, 1.165) is 0 Å². The first kappa shape index (κ1) is 10.6. The molecule has 0 aromatic heterocycles. The van der Waals surface area contributed by atoms with Gasteiger partial charge in [-0.2, -0.15) is 5.26 Å². The Balaban J connectivity index is 3.04. The van der Waals surface area contributed by atoms with Crippen LogP contribution in [0.3, 0.4) is 0 Å². The molecular formula is C10H9ClN3. The maximum absolute atomic E-state index is 8.80. The number of nitrogens with zero attached hydrogens (tertiary/aromatic N) is 3. The van der Waals surface area contributed by atoms with Gasteiger partial charge in [0.1, 0.15) is 6.07 Å². The predicted octanol–water partition coefficient (Wildman–Crippen LogP) is 2.23. The predicted molar refractivity (Wildman–Crippen MR) is 56.8 cm³/mol. The first-order valence-electron chi connectivity index (χ1n) is 3.95. The van der Waals surface area contributed by atoms with Crippen LogP contribution in [0.5, 0.6) is 0 Å². The van der Waals surface area contributed by atoms with Crippen molar-refractivity contribution in [3.05, 3.63) is 28.8 Å². The lowest BCUT2D eigenvalue weighted by atomic mass is 10.2. The molecule has 14 heavy (non-hydrogen) atoms. The van der Waals surface area contributed by atoms with Crippen molar-refractivity contribution in [1.82, 2.24) is 4.90 Å². The largest absolute Gasteiger partial charge is 0.369 e.